The number of hydrogen-bond donors (Lipinski definition) is 0. The van der Waals surface area contributed by atoms with Gasteiger partial charge >= 0.3 is 6.18 Å². The first-order valence-electron chi connectivity index (χ1n) is 8.35. The number of fused-ring (bicyclic) bond motifs is 1. The van der Waals surface area contributed by atoms with Crippen molar-refractivity contribution in [2.45, 2.75) is 25.7 Å². The van der Waals surface area contributed by atoms with Crippen LogP contribution in [-0.4, -0.2) is 28.9 Å². The Hall–Kier alpha value is -2.95. The molecule has 4 aromatic rings. The summed E-state index contributed by atoms with van der Waals surface area (Å²) in [6.45, 7) is 0.320. The van der Waals surface area contributed by atoms with Gasteiger partial charge in [0, 0.05) is 37.7 Å². The van der Waals surface area contributed by atoms with Gasteiger partial charge < -0.3 is 4.57 Å². The standard InChI is InChI=1S/C17H15F3N6OS/c1-24-13(22-15-12(16(24)27)3-7-28-15)9-26-8-11(14(23-26)17(18,19)20)2-5-25-6-4-21-10-25/h3-4,6-8,10H,2,5,9H2,1H3. The third kappa shape index (κ3) is 3.44. The maximum Gasteiger partial charge on any atom is 0.435 e. The Morgan fingerprint density at radius 3 is 2.82 bits per heavy atom. The van der Waals surface area contributed by atoms with Gasteiger partial charge in [0.2, 0.25) is 0 Å². The zero-order valence-electron chi connectivity index (χ0n) is 14.7. The number of hydrogen-bond acceptors (Lipinski definition) is 5. The molecule has 0 unspecified atom stereocenters. The van der Waals surface area contributed by atoms with Crippen LogP contribution in [0.3, 0.4) is 0 Å². The largest absolute Gasteiger partial charge is 0.435 e. The van der Waals surface area contributed by atoms with Crippen molar-refractivity contribution in [1.29, 1.82) is 0 Å². The number of aromatic nitrogens is 6. The second-order valence-corrected chi connectivity index (χ2v) is 7.17. The molecule has 0 aromatic carbocycles. The Morgan fingerprint density at radius 2 is 2.11 bits per heavy atom. The van der Waals surface area contributed by atoms with Crippen LogP contribution in [0, 0.1) is 0 Å². The summed E-state index contributed by atoms with van der Waals surface area (Å²) in [6.07, 6.45) is 1.76. The molecule has 0 saturated carbocycles. The maximum atomic E-state index is 13.4. The topological polar surface area (TPSA) is 70.5 Å². The monoisotopic (exact) mass is 408 g/mol. The fourth-order valence-corrected chi connectivity index (χ4v) is 3.73. The molecule has 0 radical (unpaired) electrons. The zero-order valence-corrected chi connectivity index (χ0v) is 15.5. The molecule has 28 heavy (non-hydrogen) atoms. The van der Waals surface area contributed by atoms with E-state index < -0.39 is 11.9 Å². The minimum absolute atomic E-state index is 0.0340. The van der Waals surface area contributed by atoms with Crippen LogP contribution in [0.25, 0.3) is 10.2 Å². The summed E-state index contributed by atoms with van der Waals surface area (Å²) in [7, 11) is 1.55. The molecule has 0 aliphatic carbocycles. The number of rotatable bonds is 5. The summed E-state index contributed by atoms with van der Waals surface area (Å²) in [5.74, 6) is 0.345. The molecular formula is C17H15F3N6OS. The van der Waals surface area contributed by atoms with Crippen molar-refractivity contribution in [1.82, 2.24) is 28.9 Å². The molecule has 4 aromatic heterocycles. The lowest BCUT2D eigenvalue weighted by atomic mass is 10.2. The van der Waals surface area contributed by atoms with Crippen LogP contribution in [0.1, 0.15) is 17.1 Å². The Morgan fingerprint density at radius 1 is 1.29 bits per heavy atom. The van der Waals surface area contributed by atoms with E-state index in [0.29, 0.717) is 22.6 Å². The van der Waals surface area contributed by atoms with E-state index in [0.717, 1.165) is 0 Å². The molecule has 0 spiro atoms. The Bertz CT molecular complexity index is 1170. The van der Waals surface area contributed by atoms with Crippen molar-refractivity contribution >= 4 is 21.6 Å². The number of aryl methyl sites for hydroxylation is 2. The number of alkyl halides is 3. The number of halogens is 3. The summed E-state index contributed by atoms with van der Waals surface area (Å²) >= 11 is 1.31. The molecule has 7 nitrogen and oxygen atoms in total. The van der Waals surface area contributed by atoms with Crippen molar-refractivity contribution in [3.63, 3.8) is 0 Å². The average molecular weight is 408 g/mol. The fraction of sp³-hybridized carbons (Fsp3) is 0.294. The van der Waals surface area contributed by atoms with Gasteiger partial charge in [-0.2, -0.15) is 18.3 Å². The van der Waals surface area contributed by atoms with Crippen LogP contribution < -0.4 is 5.56 Å². The average Bonchev–Trinajstić information content (AvgIpc) is 3.37. The molecule has 0 aliphatic heterocycles. The highest BCUT2D eigenvalue weighted by Crippen LogP contribution is 2.31. The molecule has 0 aliphatic rings. The summed E-state index contributed by atoms with van der Waals surface area (Å²) in [6, 6.07) is 1.68. The summed E-state index contributed by atoms with van der Waals surface area (Å²) in [5.41, 5.74) is -1.07. The Labute approximate surface area is 160 Å². The molecule has 0 atom stereocenters. The maximum absolute atomic E-state index is 13.4. The first kappa shape index (κ1) is 18.4. The van der Waals surface area contributed by atoms with Crippen LogP contribution in [-0.2, 0) is 32.7 Å². The van der Waals surface area contributed by atoms with E-state index >= 15 is 0 Å². The van der Waals surface area contributed by atoms with Gasteiger partial charge in [-0.25, -0.2) is 9.97 Å². The van der Waals surface area contributed by atoms with Crippen LogP contribution >= 0.6 is 11.3 Å². The van der Waals surface area contributed by atoms with E-state index in [1.54, 1.807) is 41.8 Å². The summed E-state index contributed by atoms with van der Waals surface area (Å²) < 4.78 is 44.5. The third-order valence-electron chi connectivity index (χ3n) is 4.41. The molecule has 4 heterocycles. The van der Waals surface area contributed by atoms with E-state index in [2.05, 4.69) is 15.1 Å². The van der Waals surface area contributed by atoms with Gasteiger partial charge in [0.15, 0.2) is 5.69 Å². The van der Waals surface area contributed by atoms with Crippen molar-refractivity contribution in [2.75, 3.05) is 0 Å². The predicted octanol–water partition coefficient (Wildman–Crippen LogP) is 2.70. The van der Waals surface area contributed by atoms with Gasteiger partial charge in [-0.05, 0) is 17.9 Å². The van der Waals surface area contributed by atoms with Crippen LogP contribution in [0.2, 0.25) is 0 Å². The van der Waals surface area contributed by atoms with Gasteiger partial charge in [-0.1, -0.05) is 0 Å². The van der Waals surface area contributed by atoms with Crippen molar-refractivity contribution in [2.24, 2.45) is 7.05 Å². The first-order chi connectivity index (χ1) is 13.3. The number of nitrogens with zero attached hydrogens (tertiary/aromatic N) is 6. The first-order valence-corrected chi connectivity index (χ1v) is 9.23. The third-order valence-corrected chi connectivity index (χ3v) is 5.21. The molecule has 146 valence electrons. The highest BCUT2D eigenvalue weighted by Gasteiger charge is 2.37. The molecule has 0 saturated heterocycles. The second kappa shape index (κ2) is 6.89. The van der Waals surface area contributed by atoms with Gasteiger partial charge in [0.25, 0.3) is 5.56 Å². The molecule has 0 N–H and O–H groups in total. The molecule has 0 fully saturated rings. The summed E-state index contributed by atoms with van der Waals surface area (Å²) in [4.78, 5) is 21.2. The predicted molar refractivity (Wildman–Crippen MR) is 97.1 cm³/mol. The fourth-order valence-electron chi connectivity index (χ4n) is 2.96. The molecular weight excluding hydrogens is 393 g/mol. The Balaban J connectivity index is 1.66. The molecule has 11 heteroatoms. The van der Waals surface area contributed by atoms with Crippen molar-refractivity contribution in [3.05, 3.63) is 63.8 Å². The minimum atomic E-state index is -4.56. The van der Waals surface area contributed by atoms with Crippen molar-refractivity contribution < 1.29 is 13.2 Å². The smallest absolute Gasteiger partial charge is 0.337 e. The normalized spacial score (nSPS) is 12.1. The quantitative estimate of drug-likeness (QED) is 0.509. The van der Waals surface area contributed by atoms with E-state index in [9.17, 15) is 18.0 Å². The van der Waals surface area contributed by atoms with Crippen LogP contribution in [0.4, 0.5) is 13.2 Å². The molecule has 0 amide bonds. The Kier molecular flexibility index (Phi) is 4.53. The lowest BCUT2D eigenvalue weighted by molar-refractivity contribution is -0.142. The molecule has 0 bridgehead atoms. The van der Waals surface area contributed by atoms with Crippen LogP contribution in [0.5, 0.6) is 0 Å². The highest BCUT2D eigenvalue weighted by atomic mass is 32.1. The van der Waals surface area contributed by atoms with Crippen LogP contribution in [0.15, 0.2) is 41.2 Å². The lowest BCUT2D eigenvalue weighted by Crippen LogP contribution is -2.23. The van der Waals surface area contributed by atoms with E-state index in [1.165, 1.54) is 26.8 Å². The van der Waals surface area contributed by atoms with E-state index in [1.807, 2.05) is 0 Å². The van der Waals surface area contributed by atoms with Gasteiger partial charge in [0.1, 0.15) is 10.7 Å². The van der Waals surface area contributed by atoms with Gasteiger partial charge in [-0.3, -0.25) is 14.0 Å². The molecule has 4 rings (SSSR count). The van der Waals surface area contributed by atoms with E-state index in [4.69, 9.17) is 0 Å². The van der Waals surface area contributed by atoms with E-state index in [-0.39, 0.29) is 24.1 Å². The van der Waals surface area contributed by atoms with Gasteiger partial charge in [0.05, 0.1) is 18.3 Å². The SMILES string of the molecule is Cn1c(Cn2cc(CCn3ccnc3)c(C(F)(F)F)n2)nc2sccc2c1=O. The van der Waals surface area contributed by atoms with Gasteiger partial charge in [-0.15, -0.1) is 11.3 Å². The highest BCUT2D eigenvalue weighted by molar-refractivity contribution is 7.16. The number of imidazole rings is 1. The zero-order chi connectivity index (χ0) is 19.9. The minimum Gasteiger partial charge on any atom is -0.337 e. The van der Waals surface area contributed by atoms with Crippen molar-refractivity contribution in [3.8, 4) is 0 Å². The second-order valence-electron chi connectivity index (χ2n) is 6.28. The number of thiophene rings is 1. The lowest BCUT2D eigenvalue weighted by Gasteiger charge is -2.07. The summed E-state index contributed by atoms with van der Waals surface area (Å²) in [5, 5.41) is 5.98.